The Morgan fingerprint density at radius 2 is 2.16 bits per heavy atom. The van der Waals surface area contributed by atoms with Gasteiger partial charge in [-0.3, -0.25) is 5.10 Å². The quantitative estimate of drug-likeness (QED) is 0.755. The Hall–Kier alpha value is -2.34. The number of carbonyl (C=O) groups is 1. The number of carbonyl (C=O) groups excluding carboxylic acids is 1. The number of benzene rings is 1. The highest BCUT2D eigenvalue weighted by molar-refractivity contribution is 5.75. The van der Waals surface area contributed by atoms with Crippen LogP contribution >= 0.6 is 0 Å². The van der Waals surface area contributed by atoms with E-state index in [4.69, 9.17) is 4.74 Å². The number of H-pyrrole nitrogens is 1. The Kier molecular flexibility index (Phi) is 5.38. The highest BCUT2D eigenvalue weighted by Gasteiger charge is 2.26. The molecule has 0 spiro atoms. The SMILES string of the molecule is CC(C)(COCc1ccccc1)NC(=O)N[C@@H]1CCCc2cn[nH]c21. The van der Waals surface area contributed by atoms with Crippen LogP contribution < -0.4 is 10.6 Å². The van der Waals surface area contributed by atoms with E-state index in [1.165, 1.54) is 5.56 Å². The number of amides is 2. The normalized spacial score (nSPS) is 17.0. The Bertz CT molecular complexity index is 696. The van der Waals surface area contributed by atoms with Crippen molar-refractivity contribution in [2.45, 2.75) is 51.3 Å². The van der Waals surface area contributed by atoms with Crippen LogP contribution in [0.4, 0.5) is 4.79 Å². The molecular weight excluding hydrogens is 316 g/mol. The third-order valence-corrected chi connectivity index (χ3v) is 4.37. The number of urea groups is 1. The number of aromatic amines is 1. The Labute approximate surface area is 148 Å². The molecule has 2 aromatic rings. The van der Waals surface area contributed by atoms with Crippen LogP contribution in [-0.4, -0.2) is 28.4 Å². The lowest BCUT2D eigenvalue weighted by Gasteiger charge is -2.29. The molecule has 1 aromatic heterocycles. The van der Waals surface area contributed by atoms with Gasteiger partial charge in [0.25, 0.3) is 0 Å². The number of nitrogens with zero attached hydrogens (tertiary/aromatic N) is 1. The largest absolute Gasteiger partial charge is 0.374 e. The van der Waals surface area contributed by atoms with Gasteiger partial charge in [0.1, 0.15) is 0 Å². The van der Waals surface area contributed by atoms with E-state index in [1.807, 2.05) is 50.4 Å². The van der Waals surface area contributed by atoms with E-state index in [1.54, 1.807) is 0 Å². The lowest BCUT2D eigenvalue weighted by Crippen LogP contribution is -2.51. The number of ether oxygens (including phenoxy) is 1. The lowest BCUT2D eigenvalue weighted by atomic mass is 9.94. The fourth-order valence-corrected chi connectivity index (χ4v) is 3.14. The number of aromatic nitrogens is 2. The van der Waals surface area contributed by atoms with Crippen LogP contribution in [0.15, 0.2) is 36.5 Å². The molecule has 3 N–H and O–H groups in total. The molecule has 25 heavy (non-hydrogen) atoms. The number of hydrogen-bond acceptors (Lipinski definition) is 3. The predicted octanol–water partition coefficient (Wildman–Crippen LogP) is 3.08. The zero-order valence-corrected chi connectivity index (χ0v) is 14.8. The van der Waals surface area contributed by atoms with Crippen molar-refractivity contribution >= 4 is 6.03 Å². The summed E-state index contributed by atoms with van der Waals surface area (Å²) < 4.78 is 5.76. The minimum Gasteiger partial charge on any atom is -0.374 e. The first-order chi connectivity index (χ1) is 12.0. The van der Waals surface area contributed by atoms with Gasteiger partial charge in [0.15, 0.2) is 0 Å². The van der Waals surface area contributed by atoms with Crippen molar-refractivity contribution in [2.75, 3.05) is 6.61 Å². The van der Waals surface area contributed by atoms with E-state index in [-0.39, 0.29) is 12.1 Å². The third-order valence-electron chi connectivity index (χ3n) is 4.37. The summed E-state index contributed by atoms with van der Waals surface area (Å²) in [6.45, 7) is 4.89. The molecule has 0 fully saturated rings. The molecule has 134 valence electrons. The van der Waals surface area contributed by atoms with Gasteiger partial charge in [-0.1, -0.05) is 30.3 Å². The summed E-state index contributed by atoms with van der Waals surface area (Å²) in [5.74, 6) is 0. The third kappa shape index (κ3) is 4.82. The first-order valence-corrected chi connectivity index (χ1v) is 8.76. The summed E-state index contributed by atoms with van der Waals surface area (Å²) in [6.07, 6.45) is 4.85. The highest BCUT2D eigenvalue weighted by Crippen LogP contribution is 2.27. The fraction of sp³-hybridized carbons (Fsp3) is 0.474. The molecule has 6 heteroatoms. The second kappa shape index (κ2) is 7.70. The molecule has 1 aliphatic carbocycles. The molecule has 0 unspecified atom stereocenters. The van der Waals surface area contributed by atoms with Crippen molar-refractivity contribution < 1.29 is 9.53 Å². The average molecular weight is 342 g/mol. The van der Waals surface area contributed by atoms with Crippen LogP contribution in [0.3, 0.4) is 0 Å². The standard InChI is InChI=1S/C19H26N4O2/c1-19(2,13-25-12-14-7-4-3-5-8-14)22-18(24)21-16-10-6-9-15-11-20-23-17(15)16/h3-5,7-8,11,16H,6,9-10,12-13H2,1-2H3,(H,20,23)(H2,21,22,24)/t16-/m1/s1. The lowest BCUT2D eigenvalue weighted by molar-refractivity contribution is 0.0741. The number of fused-ring (bicyclic) bond motifs is 1. The molecule has 3 rings (SSSR count). The maximum Gasteiger partial charge on any atom is 0.315 e. The Balaban J connectivity index is 1.47. The number of rotatable bonds is 6. The first kappa shape index (κ1) is 17.5. The van der Waals surface area contributed by atoms with Crippen molar-refractivity contribution in [3.05, 3.63) is 53.3 Å². The molecule has 0 saturated heterocycles. The zero-order valence-electron chi connectivity index (χ0n) is 14.8. The van der Waals surface area contributed by atoms with E-state index in [0.717, 1.165) is 30.5 Å². The smallest absolute Gasteiger partial charge is 0.315 e. The summed E-state index contributed by atoms with van der Waals surface area (Å²) in [7, 11) is 0. The molecule has 0 saturated carbocycles. The van der Waals surface area contributed by atoms with Gasteiger partial charge in [-0.25, -0.2) is 4.79 Å². The second-order valence-electron chi connectivity index (χ2n) is 7.21. The first-order valence-electron chi connectivity index (χ1n) is 8.76. The molecule has 1 aliphatic rings. The molecule has 2 amide bonds. The Morgan fingerprint density at radius 3 is 2.96 bits per heavy atom. The van der Waals surface area contributed by atoms with E-state index >= 15 is 0 Å². The fourth-order valence-electron chi connectivity index (χ4n) is 3.14. The van der Waals surface area contributed by atoms with Gasteiger partial charge in [-0.15, -0.1) is 0 Å². The van der Waals surface area contributed by atoms with Crippen molar-refractivity contribution in [3.63, 3.8) is 0 Å². The highest BCUT2D eigenvalue weighted by atomic mass is 16.5. The van der Waals surface area contributed by atoms with Gasteiger partial charge in [0, 0.05) is 0 Å². The van der Waals surface area contributed by atoms with E-state index in [9.17, 15) is 4.79 Å². The zero-order chi connectivity index (χ0) is 17.7. The van der Waals surface area contributed by atoms with Gasteiger partial charge < -0.3 is 15.4 Å². The van der Waals surface area contributed by atoms with E-state index < -0.39 is 5.54 Å². The molecule has 1 atom stereocenters. The summed E-state index contributed by atoms with van der Waals surface area (Å²) >= 11 is 0. The van der Waals surface area contributed by atoms with Crippen LogP contribution in [0.25, 0.3) is 0 Å². The van der Waals surface area contributed by atoms with Crippen molar-refractivity contribution in [3.8, 4) is 0 Å². The minimum absolute atomic E-state index is 0.00714. The molecule has 0 bridgehead atoms. The van der Waals surface area contributed by atoms with E-state index in [0.29, 0.717) is 13.2 Å². The number of nitrogens with one attached hydrogen (secondary N) is 3. The molecule has 0 radical (unpaired) electrons. The van der Waals surface area contributed by atoms with Crippen molar-refractivity contribution in [2.24, 2.45) is 0 Å². The van der Waals surface area contributed by atoms with Crippen LogP contribution in [0.5, 0.6) is 0 Å². The predicted molar refractivity (Wildman–Crippen MR) is 96.1 cm³/mol. The van der Waals surface area contributed by atoms with Gasteiger partial charge in [-0.2, -0.15) is 5.10 Å². The summed E-state index contributed by atoms with van der Waals surface area (Å²) in [5.41, 5.74) is 2.89. The van der Waals surface area contributed by atoms with Crippen LogP contribution in [0, 0.1) is 0 Å². The molecule has 1 heterocycles. The summed E-state index contributed by atoms with van der Waals surface area (Å²) in [4.78, 5) is 12.4. The van der Waals surface area contributed by atoms with Crippen LogP contribution in [0.2, 0.25) is 0 Å². The number of hydrogen-bond donors (Lipinski definition) is 3. The van der Waals surface area contributed by atoms with Gasteiger partial charge in [0.2, 0.25) is 0 Å². The molecular formula is C19H26N4O2. The van der Waals surface area contributed by atoms with Gasteiger partial charge in [0.05, 0.1) is 36.7 Å². The topological polar surface area (TPSA) is 79.0 Å². The number of aryl methyl sites for hydroxylation is 1. The molecule has 0 aliphatic heterocycles. The minimum atomic E-state index is -0.454. The Morgan fingerprint density at radius 1 is 1.36 bits per heavy atom. The second-order valence-corrected chi connectivity index (χ2v) is 7.21. The average Bonchev–Trinajstić information content (AvgIpc) is 3.05. The van der Waals surface area contributed by atoms with Gasteiger partial charge in [-0.05, 0) is 44.2 Å². The monoisotopic (exact) mass is 342 g/mol. The molecule has 1 aromatic carbocycles. The van der Waals surface area contributed by atoms with Crippen molar-refractivity contribution in [1.82, 2.24) is 20.8 Å². The molecule has 6 nitrogen and oxygen atoms in total. The maximum atomic E-state index is 12.4. The maximum absolute atomic E-state index is 12.4. The van der Waals surface area contributed by atoms with Crippen LogP contribution in [0.1, 0.15) is 49.6 Å². The van der Waals surface area contributed by atoms with Gasteiger partial charge >= 0.3 is 6.03 Å². The van der Waals surface area contributed by atoms with E-state index in [2.05, 4.69) is 20.8 Å². The summed E-state index contributed by atoms with van der Waals surface area (Å²) in [5, 5.41) is 13.2. The van der Waals surface area contributed by atoms with Crippen molar-refractivity contribution in [1.29, 1.82) is 0 Å². The summed E-state index contributed by atoms with van der Waals surface area (Å²) in [6, 6.07) is 9.83. The van der Waals surface area contributed by atoms with Crippen LogP contribution in [-0.2, 0) is 17.8 Å².